The highest BCUT2D eigenvalue weighted by Gasteiger charge is 2.30. The van der Waals surface area contributed by atoms with Gasteiger partial charge in [-0.3, -0.25) is 0 Å². The molecular formula is C28H33F3N6O. The summed E-state index contributed by atoms with van der Waals surface area (Å²) in [6, 6.07) is 11.4. The minimum absolute atomic E-state index is 0.0441. The first kappa shape index (κ1) is 27.5. The van der Waals surface area contributed by atoms with Crippen molar-refractivity contribution in [3.05, 3.63) is 59.8 Å². The normalized spacial score (nSPS) is 18.6. The molecule has 0 spiro atoms. The molecule has 0 aliphatic heterocycles. The van der Waals surface area contributed by atoms with Gasteiger partial charge in [0.2, 0.25) is 5.88 Å². The topological polar surface area (TPSA) is 87.5 Å². The van der Waals surface area contributed by atoms with Crippen LogP contribution in [0.1, 0.15) is 75.6 Å². The van der Waals surface area contributed by atoms with Crippen LogP contribution in [0.5, 0.6) is 5.88 Å². The first-order valence-corrected chi connectivity index (χ1v) is 13.1. The average molecular weight is 527 g/mol. The van der Waals surface area contributed by atoms with Gasteiger partial charge < -0.3 is 5.11 Å². The summed E-state index contributed by atoms with van der Waals surface area (Å²) in [4.78, 5) is 0. The van der Waals surface area contributed by atoms with Crippen LogP contribution < -0.4 is 0 Å². The van der Waals surface area contributed by atoms with Crippen LogP contribution in [0.15, 0.2) is 69.0 Å². The lowest BCUT2D eigenvalue weighted by Gasteiger charge is -2.28. The fraction of sp³-hybridized carbons (Fsp3) is 0.464. The first-order chi connectivity index (χ1) is 18.2. The molecule has 0 bridgehead atoms. The second-order valence-corrected chi connectivity index (χ2v) is 9.83. The lowest BCUT2D eigenvalue weighted by atomic mass is 9.83. The number of hydrogen-bond acceptors (Lipinski definition) is 6. The highest BCUT2D eigenvalue weighted by atomic mass is 19.4. The quantitative estimate of drug-likeness (QED) is 0.222. The molecule has 3 aromatic rings. The highest BCUT2D eigenvalue weighted by Crippen LogP contribution is 2.40. The summed E-state index contributed by atoms with van der Waals surface area (Å²) >= 11 is 0. The van der Waals surface area contributed by atoms with Crippen molar-refractivity contribution >= 4 is 22.7 Å². The number of aryl methyl sites for hydroxylation is 1. The van der Waals surface area contributed by atoms with Gasteiger partial charge in [0.25, 0.3) is 0 Å². The molecule has 1 heterocycles. The van der Waals surface area contributed by atoms with Gasteiger partial charge in [0.05, 0.1) is 34.4 Å². The van der Waals surface area contributed by atoms with Crippen LogP contribution in [0, 0.1) is 12.8 Å². The Hall–Kier alpha value is -3.56. The van der Waals surface area contributed by atoms with E-state index in [4.69, 9.17) is 0 Å². The Balaban J connectivity index is 1.35. The summed E-state index contributed by atoms with van der Waals surface area (Å²) in [6.07, 6.45) is 5.07. The van der Waals surface area contributed by atoms with Gasteiger partial charge in [0, 0.05) is 0 Å². The van der Waals surface area contributed by atoms with Crippen LogP contribution in [0.25, 0.3) is 0 Å². The molecular weight excluding hydrogens is 493 g/mol. The predicted molar refractivity (Wildman–Crippen MR) is 140 cm³/mol. The van der Waals surface area contributed by atoms with Crippen LogP contribution in [-0.2, 0) is 6.18 Å². The molecule has 38 heavy (non-hydrogen) atoms. The summed E-state index contributed by atoms with van der Waals surface area (Å²) in [7, 11) is 0. The fourth-order valence-electron chi connectivity index (χ4n) is 4.79. The molecule has 0 atom stereocenters. The van der Waals surface area contributed by atoms with E-state index >= 15 is 0 Å². The van der Waals surface area contributed by atoms with E-state index in [1.165, 1.54) is 37.8 Å². The van der Waals surface area contributed by atoms with E-state index in [2.05, 4.69) is 32.5 Å². The summed E-state index contributed by atoms with van der Waals surface area (Å²) in [5, 5.41) is 31.9. The zero-order valence-corrected chi connectivity index (χ0v) is 21.7. The number of halogens is 3. The van der Waals surface area contributed by atoms with Crippen molar-refractivity contribution in [2.75, 3.05) is 0 Å². The third kappa shape index (κ3) is 7.05. The van der Waals surface area contributed by atoms with Crippen molar-refractivity contribution in [2.24, 2.45) is 26.4 Å². The number of benzene rings is 2. The zero-order chi connectivity index (χ0) is 27.1. The van der Waals surface area contributed by atoms with Gasteiger partial charge in [-0.15, -0.1) is 5.11 Å². The Bertz CT molecular complexity index is 1240. The van der Waals surface area contributed by atoms with E-state index in [9.17, 15) is 18.3 Å². The number of alkyl halides is 3. The summed E-state index contributed by atoms with van der Waals surface area (Å²) in [6.45, 7) is 4.04. The number of nitrogens with zero attached hydrogens (tertiary/aromatic N) is 6. The molecule has 0 radical (unpaired) electrons. The maximum atomic E-state index is 12.7. The van der Waals surface area contributed by atoms with Crippen molar-refractivity contribution in [2.45, 2.75) is 77.4 Å². The maximum Gasteiger partial charge on any atom is 0.416 e. The summed E-state index contributed by atoms with van der Waals surface area (Å²) in [5.41, 5.74) is 1.64. The molecule has 1 saturated carbocycles. The average Bonchev–Trinajstić information content (AvgIpc) is 3.20. The predicted octanol–water partition coefficient (Wildman–Crippen LogP) is 10.1. The second kappa shape index (κ2) is 12.3. The molecule has 1 aliphatic rings. The fourth-order valence-corrected chi connectivity index (χ4v) is 4.79. The monoisotopic (exact) mass is 526 g/mol. The van der Waals surface area contributed by atoms with E-state index in [1.54, 1.807) is 28.9 Å². The Morgan fingerprint density at radius 1 is 0.842 bits per heavy atom. The summed E-state index contributed by atoms with van der Waals surface area (Å²) in [5.74, 6) is 0.816. The van der Waals surface area contributed by atoms with E-state index in [0.717, 1.165) is 43.7 Å². The van der Waals surface area contributed by atoms with Gasteiger partial charge in [0.1, 0.15) is 0 Å². The van der Waals surface area contributed by atoms with Crippen LogP contribution in [-0.4, -0.2) is 14.9 Å². The minimum atomic E-state index is -4.39. The zero-order valence-electron chi connectivity index (χ0n) is 21.7. The Labute approximate surface area is 220 Å². The molecule has 1 fully saturated rings. The van der Waals surface area contributed by atoms with Crippen LogP contribution in [0.3, 0.4) is 0 Å². The van der Waals surface area contributed by atoms with Crippen molar-refractivity contribution in [1.82, 2.24) is 9.78 Å². The number of aromatic hydroxyl groups is 1. The maximum absolute atomic E-state index is 12.7. The number of rotatable bonds is 9. The molecule has 1 aliphatic carbocycles. The van der Waals surface area contributed by atoms with Crippen molar-refractivity contribution in [1.29, 1.82) is 0 Å². The number of unbranched alkanes of at least 4 members (excludes halogenated alkanes) is 2. The van der Waals surface area contributed by atoms with Gasteiger partial charge >= 0.3 is 6.18 Å². The van der Waals surface area contributed by atoms with Crippen LogP contribution in [0.4, 0.5) is 35.9 Å². The molecule has 7 nitrogen and oxygen atoms in total. The summed E-state index contributed by atoms with van der Waals surface area (Å²) < 4.78 is 39.7. The first-order valence-electron chi connectivity index (χ1n) is 13.1. The largest absolute Gasteiger partial charge is 0.492 e. The van der Waals surface area contributed by atoms with E-state index in [-0.39, 0.29) is 11.9 Å². The smallest absolute Gasteiger partial charge is 0.416 e. The Morgan fingerprint density at radius 3 is 1.89 bits per heavy atom. The van der Waals surface area contributed by atoms with E-state index in [0.29, 0.717) is 28.4 Å². The molecule has 10 heteroatoms. The lowest BCUT2D eigenvalue weighted by Crippen LogP contribution is -2.19. The van der Waals surface area contributed by atoms with Gasteiger partial charge in [0.15, 0.2) is 5.69 Å². The Morgan fingerprint density at radius 2 is 1.37 bits per heavy atom. The van der Waals surface area contributed by atoms with Crippen LogP contribution in [0.2, 0.25) is 0 Å². The van der Waals surface area contributed by atoms with Gasteiger partial charge in [-0.25, -0.2) is 4.68 Å². The molecule has 1 aromatic heterocycles. The molecule has 0 unspecified atom stereocenters. The minimum Gasteiger partial charge on any atom is -0.492 e. The second-order valence-electron chi connectivity index (χ2n) is 9.83. The SMILES string of the molecule is CCCCCC1CCC(n2nc(C)c(/N=N/c3ccc(/N=N/c4ccc(C(F)(F)F)cc4)cc3)c2O)CC1. The van der Waals surface area contributed by atoms with Crippen molar-refractivity contribution in [3.63, 3.8) is 0 Å². The third-order valence-electron chi connectivity index (χ3n) is 7.00. The molecule has 2 aromatic carbocycles. The number of hydrogen-bond donors (Lipinski definition) is 1. The van der Waals surface area contributed by atoms with E-state index in [1.807, 2.05) is 6.92 Å². The van der Waals surface area contributed by atoms with Gasteiger partial charge in [-0.05, 0) is 87.1 Å². The standard InChI is InChI=1S/C28H33F3N6O/c1-3-4-5-6-20-7-17-25(18-8-20)37-27(38)26(19(2)36-37)35-34-24-15-13-23(14-16-24)33-32-22-11-9-21(10-12-22)28(29,30)31/h9-16,20,25,38H,3-8,17-18H2,1-2H3/b33-32+,35-34+. The molecule has 1 N–H and O–H groups in total. The number of aromatic nitrogens is 2. The third-order valence-corrected chi connectivity index (χ3v) is 7.00. The molecule has 0 saturated heterocycles. The van der Waals surface area contributed by atoms with Crippen molar-refractivity contribution in [3.8, 4) is 5.88 Å². The molecule has 0 amide bonds. The van der Waals surface area contributed by atoms with E-state index < -0.39 is 11.7 Å². The number of azo groups is 2. The van der Waals surface area contributed by atoms with Gasteiger partial charge in [-0.2, -0.15) is 33.6 Å². The highest BCUT2D eigenvalue weighted by molar-refractivity contribution is 5.52. The molecule has 4 rings (SSSR count). The Kier molecular flexibility index (Phi) is 8.91. The van der Waals surface area contributed by atoms with Gasteiger partial charge in [-0.1, -0.05) is 32.6 Å². The van der Waals surface area contributed by atoms with Crippen molar-refractivity contribution < 1.29 is 18.3 Å². The lowest BCUT2D eigenvalue weighted by molar-refractivity contribution is -0.137. The molecule has 202 valence electrons. The van der Waals surface area contributed by atoms with Crippen LogP contribution >= 0.6 is 0 Å².